The van der Waals surface area contributed by atoms with Gasteiger partial charge in [0.05, 0.1) is 26.2 Å². The molecule has 0 spiro atoms. The first-order valence-electron chi connectivity index (χ1n) is 8.94. The van der Waals surface area contributed by atoms with Gasteiger partial charge in [-0.05, 0) is 31.2 Å². The molecule has 0 aliphatic carbocycles. The lowest BCUT2D eigenvalue weighted by Crippen LogP contribution is -3.05. The topological polar surface area (TPSA) is 88.1 Å². The van der Waals surface area contributed by atoms with Crippen LogP contribution in [-0.2, 0) is 9.59 Å². The predicted octanol–water partition coefficient (Wildman–Crippen LogP) is 0.939. The van der Waals surface area contributed by atoms with E-state index in [1.54, 1.807) is 31.2 Å². The number of aromatic nitrogens is 1. The lowest BCUT2D eigenvalue weighted by Gasteiger charge is -2.23. The summed E-state index contributed by atoms with van der Waals surface area (Å²) >= 11 is 0. The monoisotopic (exact) mass is 370 g/mol. The highest BCUT2D eigenvalue weighted by Gasteiger charge is 2.47. The van der Waals surface area contributed by atoms with Crippen LogP contribution in [0.15, 0.2) is 46.6 Å². The molecule has 142 valence electrons. The summed E-state index contributed by atoms with van der Waals surface area (Å²) in [6, 6.07) is 6.00. The van der Waals surface area contributed by atoms with E-state index < -0.39 is 17.7 Å². The van der Waals surface area contributed by atoms with Crippen LogP contribution < -0.4 is 4.90 Å². The number of amides is 1. The summed E-state index contributed by atoms with van der Waals surface area (Å²) in [5, 5.41) is 10.8. The fourth-order valence-electron chi connectivity index (χ4n) is 3.28. The van der Waals surface area contributed by atoms with Crippen LogP contribution in [0.5, 0.6) is 0 Å². The van der Waals surface area contributed by atoms with Gasteiger partial charge in [0.15, 0.2) is 0 Å². The number of hydrogen-bond acceptors (Lipinski definition) is 5. The molecule has 2 aromatic rings. The van der Waals surface area contributed by atoms with E-state index in [0.717, 1.165) is 13.0 Å². The Morgan fingerprint density at radius 2 is 1.93 bits per heavy atom. The van der Waals surface area contributed by atoms with Crippen molar-refractivity contribution >= 4 is 17.4 Å². The average molecular weight is 370 g/mol. The van der Waals surface area contributed by atoms with Gasteiger partial charge in [0.25, 0.3) is 11.7 Å². The molecule has 3 heterocycles. The number of hydrogen-bond donors (Lipinski definition) is 2. The van der Waals surface area contributed by atoms with Crippen molar-refractivity contribution < 1.29 is 24.0 Å². The molecule has 1 aliphatic rings. The summed E-state index contributed by atoms with van der Waals surface area (Å²) in [5.74, 6) is -0.369. The summed E-state index contributed by atoms with van der Waals surface area (Å²) < 4.78 is 5.73. The first-order valence-corrected chi connectivity index (χ1v) is 8.94. The minimum atomic E-state index is -0.732. The Kier molecular flexibility index (Phi) is 5.41. The number of aryl methyl sites for hydroxylation is 1. The Labute approximate surface area is 157 Å². The number of carbonyl (C=O) groups is 2. The van der Waals surface area contributed by atoms with E-state index in [2.05, 4.69) is 4.98 Å². The summed E-state index contributed by atoms with van der Waals surface area (Å²) in [6.07, 6.45) is 3.79. The zero-order valence-electron chi connectivity index (χ0n) is 15.7. The molecule has 2 N–H and O–H groups in total. The van der Waals surface area contributed by atoms with Crippen molar-refractivity contribution in [2.75, 3.05) is 27.2 Å². The van der Waals surface area contributed by atoms with E-state index in [4.69, 9.17) is 4.42 Å². The highest BCUT2D eigenvalue weighted by atomic mass is 16.3. The van der Waals surface area contributed by atoms with Crippen LogP contribution in [0.25, 0.3) is 5.76 Å². The van der Waals surface area contributed by atoms with E-state index in [1.165, 1.54) is 22.2 Å². The number of quaternary nitrogens is 1. The van der Waals surface area contributed by atoms with Gasteiger partial charge < -0.3 is 19.3 Å². The second-order valence-electron chi connectivity index (χ2n) is 6.99. The lowest BCUT2D eigenvalue weighted by molar-refractivity contribution is -0.858. The first kappa shape index (κ1) is 18.8. The lowest BCUT2D eigenvalue weighted by atomic mass is 10.00. The van der Waals surface area contributed by atoms with E-state index in [-0.39, 0.29) is 11.3 Å². The number of nitrogens with zero attached hydrogens (tertiary/aromatic N) is 2. The quantitative estimate of drug-likeness (QED) is 0.449. The molecule has 0 bridgehead atoms. The number of likely N-dealkylation sites (tertiary alicyclic amines) is 1. The van der Waals surface area contributed by atoms with Crippen LogP contribution in [0, 0.1) is 6.92 Å². The van der Waals surface area contributed by atoms with E-state index in [9.17, 15) is 14.7 Å². The van der Waals surface area contributed by atoms with E-state index in [0.29, 0.717) is 23.6 Å². The van der Waals surface area contributed by atoms with Gasteiger partial charge in [0, 0.05) is 30.9 Å². The highest BCUT2D eigenvalue weighted by Crippen LogP contribution is 2.39. The van der Waals surface area contributed by atoms with Gasteiger partial charge in [-0.25, -0.2) is 0 Å². The second kappa shape index (κ2) is 7.75. The van der Waals surface area contributed by atoms with Crippen LogP contribution in [-0.4, -0.2) is 53.9 Å². The number of Topliss-reactive ketones (excluding diaryl/α,β-unsaturated/α-hetero) is 1. The third kappa shape index (κ3) is 3.78. The molecule has 2 aromatic heterocycles. The minimum Gasteiger partial charge on any atom is -0.507 e. The number of aliphatic hydroxyl groups is 1. The van der Waals surface area contributed by atoms with E-state index in [1.807, 2.05) is 14.1 Å². The van der Waals surface area contributed by atoms with Crippen LogP contribution in [0.2, 0.25) is 0 Å². The maximum atomic E-state index is 12.7. The molecule has 3 rings (SSSR count). The smallest absolute Gasteiger partial charge is 0.295 e. The van der Waals surface area contributed by atoms with Crippen molar-refractivity contribution in [3.63, 3.8) is 0 Å². The van der Waals surface area contributed by atoms with Gasteiger partial charge in [-0.15, -0.1) is 0 Å². The Hall–Kier alpha value is -2.93. The van der Waals surface area contributed by atoms with Gasteiger partial charge in [-0.1, -0.05) is 0 Å². The molecule has 1 fully saturated rings. The van der Waals surface area contributed by atoms with Crippen molar-refractivity contribution in [3.8, 4) is 0 Å². The second-order valence-corrected chi connectivity index (χ2v) is 6.99. The summed E-state index contributed by atoms with van der Waals surface area (Å²) in [7, 11) is 4.07. The van der Waals surface area contributed by atoms with Crippen molar-refractivity contribution in [1.82, 2.24) is 9.88 Å². The fourth-order valence-corrected chi connectivity index (χ4v) is 3.28. The van der Waals surface area contributed by atoms with Crippen LogP contribution in [0.1, 0.15) is 29.5 Å². The Morgan fingerprint density at radius 3 is 2.52 bits per heavy atom. The molecule has 1 atom stereocenters. The number of aliphatic hydroxyl groups excluding tert-OH is 1. The third-order valence-electron chi connectivity index (χ3n) is 4.60. The Balaban J connectivity index is 2.05. The SMILES string of the molecule is Cc1ccc([C@@H]2C(=C(O)c3ccncc3)C(=O)C(=O)N2CCC[NH+](C)C)o1. The summed E-state index contributed by atoms with van der Waals surface area (Å²) in [5.41, 5.74) is 0.492. The minimum absolute atomic E-state index is 0.0535. The molecule has 7 nitrogen and oxygen atoms in total. The number of carbonyl (C=O) groups excluding carboxylic acids is 2. The van der Waals surface area contributed by atoms with Crippen LogP contribution in [0.4, 0.5) is 0 Å². The molecule has 0 unspecified atom stereocenters. The number of furan rings is 1. The highest BCUT2D eigenvalue weighted by molar-refractivity contribution is 6.46. The number of ketones is 1. The van der Waals surface area contributed by atoms with Crippen molar-refractivity contribution in [2.45, 2.75) is 19.4 Å². The molecule has 1 amide bonds. The average Bonchev–Trinajstić information content (AvgIpc) is 3.18. The molecule has 0 saturated carbocycles. The van der Waals surface area contributed by atoms with Crippen LogP contribution >= 0.6 is 0 Å². The fraction of sp³-hybridized carbons (Fsp3) is 0.350. The van der Waals surface area contributed by atoms with Crippen molar-refractivity contribution in [1.29, 1.82) is 0 Å². The molecular weight excluding hydrogens is 346 g/mol. The molecule has 0 aromatic carbocycles. The standard InChI is InChI=1S/C20H23N3O4/c1-13-5-6-15(27-13)17-16(18(24)14-7-9-21-10-8-14)19(25)20(26)23(17)12-4-11-22(2)3/h5-10,17,24H,4,11-12H2,1-3H3/p+1/t17-/m1/s1. The van der Waals surface area contributed by atoms with E-state index >= 15 is 0 Å². The zero-order chi connectivity index (χ0) is 19.6. The third-order valence-corrected chi connectivity index (χ3v) is 4.60. The van der Waals surface area contributed by atoms with Crippen LogP contribution in [0.3, 0.4) is 0 Å². The van der Waals surface area contributed by atoms with Gasteiger partial charge in [0.2, 0.25) is 0 Å². The predicted molar refractivity (Wildman–Crippen MR) is 99.0 cm³/mol. The molecular formula is C20H24N3O4+. The van der Waals surface area contributed by atoms with Crippen molar-refractivity contribution in [2.24, 2.45) is 0 Å². The zero-order valence-corrected chi connectivity index (χ0v) is 15.7. The Morgan fingerprint density at radius 1 is 1.22 bits per heavy atom. The van der Waals surface area contributed by atoms with Gasteiger partial charge in [0.1, 0.15) is 23.3 Å². The summed E-state index contributed by atoms with van der Waals surface area (Å²) in [6.45, 7) is 3.07. The Bertz CT molecular complexity index is 870. The largest absolute Gasteiger partial charge is 0.507 e. The molecule has 1 aliphatic heterocycles. The summed E-state index contributed by atoms with van der Waals surface area (Å²) in [4.78, 5) is 32.1. The number of nitrogens with one attached hydrogen (secondary N) is 1. The normalized spacial score (nSPS) is 19.3. The molecule has 0 radical (unpaired) electrons. The number of rotatable bonds is 6. The first-order chi connectivity index (χ1) is 12.9. The maximum absolute atomic E-state index is 12.7. The van der Waals surface area contributed by atoms with Gasteiger partial charge in [-0.3, -0.25) is 14.6 Å². The molecule has 7 heteroatoms. The van der Waals surface area contributed by atoms with Crippen molar-refractivity contribution in [3.05, 3.63) is 59.3 Å². The number of pyridine rings is 1. The maximum Gasteiger partial charge on any atom is 0.295 e. The molecule has 1 saturated heterocycles. The molecule has 27 heavy (non-hydrogen) atoms. The van der Waals surface area contributed by atoms with Gasteiger partial charge in [-0.2, -0.15) is 0 Å². The van der Waals surface area contributed by atoms with Gasteiger partial charge >= 0.3 is 0 Å².